The molecule has 0 aliphatic carbocycles. The zero-order valence-electron chi connectivity index (χ0n) is 36.1. The number of para-hydroxylation sites is 1. The molecule has 4 aromatic carbocycles. The third-order valence-corrected chi connectivity index (χ3v) is 18.7. The normalized spacial score (nSPS) is 23.7. The third-order valence-electron chi connectivity index (χ3n) is 14.3. The minimum absolute atomic E-state index is 0.00229. The molecule has 0 saturated carbocycles. The Morgan fingerprint density at radius 3 is 2.35 bits per heavy atom. The summed E-state index contributed by atoms with van der Waals surface area (Å²) in [6.45, 7) is 13.6. The van der Waals surface area contributed by atoms with Crippen LogP contribution in [0.1, 0.15) is 48.9 Å². The first kappa shape index (κ1) is 41.7. The minimum atomic E-state index is -2.44. The van der Waals surface area contributed by atoms with Crippen LogP contribution in [0.3, 0.4) is 0 Å². The van der Waals surface area contributed by atoms with Gasteiger partial charge in [0.05, 0.1) is 51.9 Å². The van der Waals surface area contributed by atoms with Crippen molar-refractivity contribution < 1.29 is 24.2 Å². The first-order chi connectivity index (χ1) is 30.1. The molecule has 5 aromatic rings. The highest BCUT2D eigenvalue weighted by Gasteiger charge is 2.66. The second-order valence-electron chi connectivity index (χ2n) is 17.8. The Morgan fingerprint density at radius 1 is 0.968 bits per heavy atom. The topological polar surface area (TPSA) is 125 Å². The van der Waals surface area contributed by atoms with Crippen molar-refractivity contribution in [2.45, 2.75) is 74.5 Å². The minimum Gasteiger partial charge on any atom is -0.497 e. The molecule has 1 aromatic heterocycles. The molecular formula is C49H57N7O5Si. The van der Waals surface area contributed by atoms with E-state index in [9.17, 15) is 9.90 Å². The van der Waals surface area contributed by atoms with Crippen molar-refractivity contribution in [3.63, 3.8) is 0 Å². The molecule has 5 atom stereocenters. The van der Waals surface area contributed by atoms with Gasteiger partial charge < -0.3 is 29.7 Å². The van der Waals surface area contributed by atoms with Gasteiger partial charge in [0.15, 0.2) is 5.60 Å². The Hall–Kier alpha value is -5.60. The van der Waals surface area contributed by atoms with Crippen molar-refractivity contribution in [3.05, 3.63) is 139 Å². The fraction of sp³-hybridized carbons (Fsp3) is 0.388. The summed E-state index contributed by atoms with van der Waals surface area (Å²) in [6.07, 6.45) is 5.34. The van der Waals surface area contributed by atoms with Gasteiger partial charge in [0, 0.05) is 42.1 Å². The van der Waals surface area contributed by atoms with Crippen LogP contribution in [0.25, 0.3) is 0 Å². The average Bonchev–Trinajstić information content (AvgIpc) is 4.03. The van der Waals surface area contributed by atoms with Gasteiger partial charge in [0.2, 0.25) is 0 Å². The monoisotopic (exact) mass is 851 g/mol. The van der Waals surface area contributed by atoms with Gasteiger partial charge in [-0.05, 0) is 85.9 Å². The number of aryl methyl sites for hydroxylation is 1. The Labute approximate surface area is 365 Å². The van der Waals surface area contributed by atoms with E-state index in [4.69, 9.17) is 9.47 Å². The number of fused-ring (bicyclic) bond motifs is 2. The van der Waals surface area contributed by atoms with Crippen molar-refractivity contribution >= 4 is 42.1 Å². The van der Waals surface area contributed by atoms with Gasteiger partial charge in [0.25, 0.3) is 11.8 Å². The molecule has 0 bridgehead atoms. The fourth-order valence-corrected chi connectivity index (χ4v) is 15.2. The summed E-state index contributed by atoms with van der Waals surface area (Å²) in [4.78, 5) is 36.2. The number of anilines is 3. The predicted octanol–water partition coefficient (Wildman–Crippen LogP) is 6.18. The fourth-order valence-electron chi connectivity index (χ4n) is 11.1. The number of nitrogens with zero attached hydrogens (tertiary/aromatic N) is 6. The Kier molecular flexibility index (Phi) is 11.2. The van der Waals surface area contributed by atoms with Crippen LogP contribution in [-0.4, -0.2) is 91.7 Å². The Bertz CT molecular complexity index is 2420. The van der Waals surface area contributed by atoms with E-state index >= 15 is 4.79 Å². The summed E-state index contributed by atoms with van der Waals surface area (Å²) in [7, 11) is -0.768. The number of piperidine rings is 1. The molecule has 13 heteroatoms. The molecule has 4 aliphatic heterocycles. The summed E-state index contributed by atoms with van der Waals surface area (Å²) in [5.74, 6) is 0.240. The molecule has 322 valence electrons. The number of hydrogen-bond acceptors (Lipinski definition) is 9. The van der Waals surface area contributed by atoms with Gasteiger partial charge in [-0.1, -0.05) is 97.2 Å². The molecule has 3 saturated heterocycles. The number of amides is 2. The largest absolute Gasteiger partial charge is 0.497 e. The second-order valence-corrected chi connectivity index (χ2v) is 22.5. The highest BCUT2D eigenvalue weighted by molar-refractivity contribution is 6.91. The quantitative estimate of drug-likeness (QED) is 0.106. The van der Waals surface area contributed by atoms with E-state index in [0.29, 0.717) is 44.7 Å². The molecule has 5 heterocycles. The molecule has 4 aliphatic rings. The zero-order chi connectivity index (χ0) is 43.2. The van der Waals surface area contributed by atoms with Crippen molar-refractivity contribution in [2.24, 2.45) is 5.92 Å². The molecule has 2 N–H and O–H groups in total. The number of nitrogens with one attached hydrogen (secondary N) is 1. The summed E-state index contributed by atoms with van der Waals surface area (Å²) < 4.78 is 14.9. The number of hydrogen-bond donors (Lipinski definition) is 2. The number of ether oxygens (including phenoxy) is 2. The summed E-state index contributed by atoms with van der Waals surface area (Å²) in [6, 6.07) is 34.5. The highest BCUT2D eigenvalue weighted by Crippen LogP contribution is 2.60. The third kappa shape index (κ3) is 6.77. The highest BCUT2D eigenvalue weighted by atomic mass is 28.3. The number of rotatable bonds is 13. The number of carbonyl (C=O) groups excluding carboxylic acids is 2. The Balaban J connectivity index is 1.11. The van der Waals surface area contributed by atoms with Crippen LogP contribution < -0.4 is 29.9 Å². The van der Waals surface area contributed by atoms with Crippen molar-refractivity contribution in [1.29, 1.82) is 0 Å². The van der Waals surface area contributed by atoms with Crippen LogP contribution in [-0.2, 0) is 26.5 Å². The van der Waals surface area contributed by atoms with E-state index in [2.05, 4.69) is 77.5 Å². The molecular weight excluding hydrogens is 795 g/mol. The van der Waals surface area contributed by atoms with Crippen LogP contribution in [0.2, 0.25) is 18.6 Å². The van der Waals surface area contributed by atoms with Crippen molar-refractivity contribution in [1.82, 2.24) is 20.3 Å². The lowest BCUT2D eigenvalue weighted by Gasteiger charge is -2.39. The maximum Gasteiger partial charge on any atom is 0.264 e. The molecule has 62 heavy (non-hydrogen) atoms. The molecule has 9 rings (SSSR count). The van der Waals surface area contributed by atoms with Crippen LogP contribution in [0.5, 0.6) is 5.75 Å². The summed E-state index contributed by atoms with van der Waals surface area (Å²) in [5.41, 5.74) is 3.04. The Morgan fingerprint density at radius 2 is 1.68 bits per heavy atom. The SMILES string of the molecule is C=CCN1C(=O)[C@]2(O[C@H](CCn3cc(C(CO)c4ccccc4)nn3)[C@@H]([Si](C)(C)c3ccc(OC)cc3)[C@@H]2C)c2cc(N3CN(c4ccccc4)C4(CCNCC4)C3=O)ccc21. The van der Waals surface area contributed by atoms with Gasteiger partial charge >= 0.3 is 0 Å². The van der Waals surface area contributed by atoms with Crippen molar-refractivity contribution in [3.8, 4) is 5.75 Å². The summed E-state index contributed by atoms with van der Waals surface area (Å²) in [5, 5.41) is 24.1. The van der Waals surface area contributed by atoms with E-state index in [0.717, 1.165) is 47.0 Å². The number of aliphatic hydroxyl groups is 1. The van der Waals surface area contributed by atoms with Gasteiger partial charge in [-0.25, -0.2) is 0 Å². The lowest BCUT2D eigenvalue weighted by atomic mass is 9.82. The lowest BCUT2D eigenvalue weighted by Crippen LogP contribution is -2.55. The first-order valence-corrected chi connectivity index (χ1v) is 25.0. The number of aromatic nitrogens is 3. The number of methoxy groups -OCH3 is 1. The van der Waals surface area contributed by atoms with E-state index < -0.39 is 19.2 Å². The first-order valence-electron chi connectivity index (χ1n) is 21.9. The molecule has 2 spiro atoms. The van der Waals surface area contributed by atoms with Gasteiger partial charge in [-0.15, -0.1) is 11.7 Å². The molecule has 12 nitrogen and oxygen atoms in total. The number of carbonyl (C=O) groups is 2. The zero-order valence-corrected chi connectivity index (χ0v) is 37.1. The average molecular weight is 852 g/mol. The number of aliphatic hydroxyl groups excluding tert-OH is 1. The molecule has 1 unspecified atom stereocenters. The lowest BCUT2D eigenvalue weighted by molar-refractivity contribution is -0.145. The molecule has 2 amide bonds. The van der Waals surface area contributed by atoms with Crippen LogP contribution in [0.4, 0.5) is 17.1 Å². The summed E-state index contributed by atoms with van der Waals surface area (Å²) >= 11 is 0. The van der Waals surface area contributed by atoms with Crippen molar-refractivity contribution in [2.75, 3.05) is 54.7 Å². The smallest absolute Gasteiger partial charge is 0.264 e. The van der Waals surface area contributed by atoms with Crippen LogP contribution in [0, 0.1) is 5.92 Å². The maximum absolute atomic E-state index is 15.3. The van der Waals surface area contributed by atoms with Gasteiger partial charge in [0.1, 0.15) is 11.3 Å². The van der Waals surface area contributed by atoms with Crippen LogP contribution in [0.15, 0.2) is 122 Å². The predicted molar refractivity (Wildman–Crippen MR) is 245 cm³/mol. The number of benzene rings is 4. The van der Waals surface area contributed by atoms with E-state index in [1.54, 1.807) is 13.2 Å². The molecule has 3 fully saturated rings. The molecule has 0 radical (unpaired) electrons. The second kappa shape index (κ2) is 16.6. The van der Waals surface area contributed by atoms with E-state index in [1.165, 1.54) is 5.19 Å². The van der Waals surface area contributed by atoms with E-state index in [1.807, 2.05) is 93.5 Å². The van der Waals surface area contributed by atoms with Gasteiger partial charge in [-0.2, -0.15) is 0 Å². The van der Waals surface area contributed by atoms with Gasteiger partial charge in [-0.3, -0.25) is 19.2 Å². The standard InChI is InChI=1S/C49H57N7O5Si/c1-6-28-54-43-22-17-37(55-33-56(36-15-11-8-12-16-36)48(46(55)58)24-26-50-27-25-48)30-41(43)49(47(54)59)34(2)45(62(4,5)39-20-18-38(60-3)19-21-39)44(61-49)23-29-53-31-42(51-52-53)40(32-57)35-13-9-7-10-14-35/h6-22,30-31,34,40,44-45,50,57H,1,23-29,32-33H2,2-5H3/t34-,40?,44+,45-,49+/m0/s1. The van der Waals surface area contributed by atoms with E-state index in [-0.39, 0.29) is 41.9 Å². The maximum atomic E-state index is 15.3. The van der Waals surface area contributed by atoms with Crippen LogP contribution >= 0.6 is 0 Å².